The molecular weight excluding hydrogens is 244 g/mol. The maximum atomic E-state index is 11.4. The minimum absolute atomic E-state index is 0.0307. The zero-order valence-corrected chi connectivity index (χ0v) is 11.5. The van der Waals surface area contributed by atoms with Crippen LogP contribution in [0.15, 0.2) is 18.4 Å². The van der Waals surface area contributed by atoms with E-state index in [1.165, 1.54) is 7.11 Å². The third kappa shape index (κ3) is 3.69. The van der Waals surface area contributed by atoms with Crippen molar-refractivity contribution in [2.75, 3.05) is 7.11 Å². The van der Waals surface area contributed by atoms with Gasteiger partial charge in [0.05, 0.1) is 25.7 Å². The Morgan fingerprint density at radius 2 is 2.16 bits per heavy atom. The number of hydrogen-bond acceptors (Lipinski definition) is 4. The van der Waals surface area contributed by atoms with Crippen LogP contribution in [0.2, 0.25) is 0 Å². The van der Waals surface area contributed by atoms with E-state index < -0.39 is 5.79 Å². The van der Waals surface area contributed by atoms with Crippen molar-refractivity contribution in [1.82, 2.24) is 0 Å². The molecule has 2 aliphatic rings. The van der Waals surface area contributed by atoms with Crippen LogP contribution in [0.1, 0.15) is 44.9 Å². The highest BCUT2D eigenvalue weighted by molar-refractivity contribution is 5.69. The van der Waals surface area contributed by atoms with Crippen molar-refractivity contribution in [3.05, 3.63) is 18.4 Å². The summed E-state index contributed by atoms with van der Waals surface area (Å²) in [4.78, 5) is 11.4. The van der Waals surface area contributed by atoms with Crippen LogP contribution in [0.3, 0.4) is 0 Å². The number of ether oxygens (including phenoxy) is 3. The topological polar surface area (TPSA) is 44.8 Å². The molecule has 0 aromatic rings. The fraction of sp³-hybridized carbons (Fsp3) is 0.733. The Morgan fingerprint density at radius 1 is 1.42 bits per heavy atom. The predicted molar refractivity (Wildman–Crippen MR) is 70.5 cm³/mol. The summed E-state index contributed by atoms with van der Waals surface area (Å²) < 4.78 is 16.8. The first kappa shape index (κ1) is 14.3. The Hall–Kier alpha value is -1.09. The smallest absolute Gasteiger partial charge is 0.308 e. The Labute approximate surface area is 114 Å². The molecule has 2 saturated heterocycles. The molecule has 0 bridgehead atoms. The molecule has 3 atom stereocenters. The third-order valence-electron chi connectivity index (χ3n) is 3.80. The van der Waals surface area contributed by atoms with Crippen LogP contribution < -0.4 is 0 Å². The molecular formula is C15H22O4. The zero-order chi connectivity index (χ0) is 13.7. The van der Waals surface area contributed by atoms with Crippen LogP contribution in [0, 0.1) is 0 Å². The maximum Gasteiger partial charge on any atom is 0.308 e. The van der Waals surface area contributed by atoms with Crippen LogP contribution in [-0.4, -0.2) is 31.1 Å². The fourth-order valence-corrected chi connectivity index (χ4v) is 2.92. The molecule has 0 aliphatic carbocycles. The van der Waals surface area contributed by atoms with Gasteiger partial charge in [0, 0.05) is 12.8 Å². The average molecular weight is 266 g/mol. The summed E-state index contributed by atoms with van der Waals surface area (Å²) in [5.74, 6) is -0.742. The van der Waals surface area contributed by atoms with E-state index in [1.807, 2.05) is 6.08 Å². The maximum absolute atomic E-state index is 11.4. The number of methoxy groups -OCH3 is 1. The van der Waals surface area contributed by atoms with Crippen molar-refractivity contribution in [3.63, 3.8) is 0 Å². The molecule has 0 saturated carbocycles. The van der Waals surface area contributed by atoms with E-state index in [9.17, 15) is 4.79 Å². The van der Waals surface area contributed by atoms with Crippen LogP contribution in [0.25, 0.3) is 0 Å². The zero-order valence-electron chi connectivity index (χ0n) is 11.5. The molecule has 2 fully saturated rings. The van der Waals surface area contributed by atoms with Crippen molar-refractivity contribution >= 4 is 5.97 Å². The lowest BCUT2D eigenvalue weighted by Gasteiger charge is -2.45. The van der Waals surface area contributed by atoms with E-state index in [0.717, 1.165) is 38.5 Å². The van der Waals surface area contributed by atoms with Gasteiger partial charge in [0.15, 0.2) is 5.79 Å². The van der Waals surface area contributed by atoms with Gasteiger partial charge in [0.2, 0.25) is 0 Å². The van der Waals surface area contributed by atoms with E-state index >= 15 is 0 Å². The molecule has 1 spiro atoms. The van der Waals surface area contributed by atoms with Crippen molar-refractivity contribution in [1.29, 1.82) is 0 Å². The normalized spacial score (nSPS) is 34.6. The van der Waals surface area contributed by atoms with Gasteiger partial charge in [-0.15, -0.1) is 5.73 Å². The Bertz CT molecular complexity index is 368. The van der Waals surface area contributed by atoms with Crippen LogP contribution in [0.5, 0.6) is 0 Å². The number of carbonyl (C=O) groups excluding carboxylic acids is 1. The van der Waals surface area contributed by atoms with Gasteiger partial charge < -0.3 is 14.2 Å². The molecule has 4 heteroatoms. The molecule has 4 nitrogen and oxygen atoms in total. The van der Waals surface area contributed by atoms with Gasteiger partial charge in [-0.1, -0.05) is 6.58 Å². The number of esters is 1. The number of hydrogen-bond donors (Lipinski definition) is 0. The molecule has 0 amide bonds. The minimum Gasteiger partial charge on any atom is -0.469 e. The summed E-state index contributed by atoms with van der Waals surface area (Å²) in [5, 5.41) is 0. The lowest BCUT2D eigenvalue weighted by Crippen LogP contribution is -2.48. The van der Waals surface area contributed by atoms with Gasteiger partial charge in [-0.3, -0.25) is 4.79 Å². The highest BCUT2D eigenvalue weighted by Gasteiger charge is 2.42. The Morgan fingerprint density at radius 3 is 2.84 bits per heavy atom. The monoisotopic (exact) mass is 266 g/mol. The van der Waals surface area contributed by atoms with Gasteiger partial charge in [0.25, 0.3) is 0 Å². The molecule has 2 heterocycles. The van der Waals surface area contributed by atoms with Crippen molar-refractivity contribution < 1.29 is 19.0 Å². The summed E-state index contributed by atoms with van der Waals surface area (Å²) in [6, 6.07) is 0. The summed E-state index contributed by atoms with van der Waals surface area (Å²) in [7, 11) is 1.41. The van der Waals surface area contributed by atoms with E-state index in [4.69, 9.17) is 14.2 Å². The summed E-state index contributed by atoms with van der Waals surface area (Å²) in [6.07, 6.45) is 7.85. The molecule has 19 heavy (non-hydrogen) atoms. The quantitative estimate of drug-likeness (QED) is 0.582. The molecule has 106 valence electrons. The lowest BCUT2D eigenvalue weighted by molar-refractivity contribution is -0.307. The van der Waals surface area contributed by atoms with Gasteiger partial charge in [-0.05, 0) is 31.8 Å². The molecule has 2 aliphatic heterocycles. The first-order valence-electron chi connectivity index (χ1n) is 6.96. The standard InChI is InChI=1S/C15H22O4/c1-3-6-12-7-4-9-15(18-12)10-5-8-13(19-15)11-14(16)17-2/h6,12-13H,1,4-5,7-11H2,2H3/t12-,13+,15+/m1/s1. The highest BCUT2D eigenvalue weighted by atomic mass is 16.7. The summed E-state index contributed by atoms with van der Waals surface area (Å²) >= 11 is 0. The van der Waals surface area contributed by atoms with Crippen molar-refractivity contribution in [3.8, 4) is 0 Å². The SMILES string of the molecule is C=C=C[C@@H]1CCC[C@]2(CCC[C@@H](CC(=O)OC)O2)O1. The van der Waals surface area contributed by atoms with Crippen molar-refractivity contribution in [2.24, 2.45) is 0 Å². The number of carbonyl (C=O) groups is 1. The van der Waals surface area contributed by atoms with E-state index in [0.29, 0.717) is 6.42 Å². The summed E-state index contributed by atoms with van der Waals surface area (Å²) in [6.45, 7) is 3.59. The first-order valence-corrected chi connectivity index (χ1v) is 6.96. The second-order valence-corrected chi connectivity index (χ2v) is 5.24. The van der Waals surface area contributed by atoms with Gasteiger partial charge in [-0.25, -0.2) is 0 Å². The summed E-state index contributed by atoms with van der Waals surface area (Å²) in [5.41, 5.74) is 2.78. The molecule has 2 rings (SSSR count). The molecule has 0 radical (unpaired) electrons. The van der Waals surface area contributed by atoms with E-state index in [2.05, 4.69) is 12.3 Å². The van der Waals surface area contributed by atoms with Crippen LogP contribution in [-0.2, 0) is 19.0 Å². The second-order valence-electron chi connectivity index (χ2n) is 5.24. The molecule has 0 N–H and O–H groups in total. The lowest BCUT2D eigenvalue weighted by atomic mass is 9.92. The second kappa shape index (κ2) is 6.38. The predicted octanol–water partition coefficient (Wildman–Crippen LogP) is 2.73. The van der Waals surface area contributed by atoms with E-state index in [-0.39, 0.29) is 18.2 Å². The highest BCUT2D eigenvalue weighted by Crippen LogP contribution is 2.40. The average Bonchev–Trinajstić information content (AvgIpc) is 2.39. The Balaban J connectivity index is 1.98. The van der Waals surface area contributed by atoms with Gasteiger partial charge in [-0.2, -0.15) is 0 Å². The van der Waals surface area contributed by atoms with Crippen molar-refractivity contribution in [2.45, 2.75) is 62.9 Å². The largest absolute Gasteiger partial charge is 0.469 e. The molecule has 0 unspecified atom stereocenters. The third-order valence-corrected chi connectivity index (χ3v) is 3.80. The molecule has 0 aromatic carbocycles. The van der Waals surface area contributed by atoms with E-state index in [1.54, 1.807) is 0 Å². The first-order chi connectivity index (χ1) is 9.17. The molecule has 0 aromatic heterocycles. The van der Waals surface area contributed by atoms with Crippen LogP contribution in [0.4, 0.5) is 0 Å². The number of rotatable bonds is 3. The van der Waals surface area contributed by atoms with Gasteiger partial charge >= 0.3 is 5.97 Å². The van der Waals surface area contributed by atoms with Crippen LogP contribution >= 0.6 is 0 Å². The van der Waals surface area contributed by atoms with Gasteiger partial charge in [0.1, 0.15) is 0 Å². The Kier molecular flexibility index (Phi) is 4.81. The fourth-order valence-electron chi connectivity index (χ4n) is 2.92. The minimum atomic E-state index is -0.521.